The Morgan fingerprint density at radius 3 is 2.75 bits per heavy atom. The van der Waals surface area contributed by atoms with E-state index in [2.05, 4.69) is 0 Å². The summed E-state index contributed by atoms with van der Waals surface area (Å²) in [5, 5.41) is 9.13. The van der Waals surface area contributed by atoms with Crippen LogP contribution >= 0.6 is 0 Å². The van der Waals surface area contributed by atoms with Crippen molar-refractivity contribution in [2.75, 3.05) is 13.7 Å². The fourth-order valence-electron chi connectivity index (χ4n) is 2.39. The van der Waals surface area contributed by atoms with Crippen LogP contribution < -0.4 is 4.74 Å². The van der Waals surface area contributed by atoms with Crippen LogP contribution in [0.15, 0.2) is 23.1 Å². The molecule has 0 amide bonds. The van der Waals surface area contributed by atoms with Crippen molar-refractivity contribution in [1.29, 1.82) is 0 Å². The third-order valence-corrected chi connectivity index (χ3v) is 5.52. The van der Waals surface area contributed by atoms with Crippen molar-refractivity contribution < 1.29 is 23.1 Å². The molecule has 1 aromatic rings. The second-order valence-corrected chi connectivity index (χ2v) is 6.60. The number of carboxylic acid groups (broad SMARTS) is 1. The van der Waals surface area contributed by atoms with Crippen molar-refractivity contribution in [3.8, 4) is 5.75 Å². The number of carbonyl (C=O) groups is 1. The third-order valence-electron chi connectivity index (χ3n) is 3.47. The maximum Gasteiger partial charge on any atom is 0.322 e. The molecule has 0 bridgehead atoms. The molecule has 1 fully saturated rings. The van der Waals surface area contributed by atoms with E-state index in [9.17, 15) is 13.2 Å². The van der Waals surface area contributed by atoms with Crippen LogP contribution in [0, 0.1) is 6.92 Å². The molecule has 1 aliphatic heterocycles. The monoisotopic (exact) mass is 299 g/mol. The van der Waals surface area contributed by atoms with E-state index in [0.29, 0.717) is 24.2 Å². The van der Waals surface area contributed by atoms with Crippen molar-refractivity contribution >= 4 is 16.0 Å². The van der Waals surface area contributed by atoms with Crippen LogP contribution in [0.3, 0.4) is 0 Å². The van der Waals surface area contributed by atoms with Crippen molar-refractivity contribution in [3.63, 3.8) is 0 Å². The lowest BCUT2D eigenvalue weighted by atomic mass is 10.2. The quantitative estimate of drug-likeness (QED) is 0.904. The molecule has 1 atom stereocenters. The molecular weight excluding hydrogens is 282 g/mol. The minimum absolute atomic E-state index is 0.102. The molecule has 0 radical (unpaired) electrons. The second-order valence-electron chi connectivity index (χ2n) is 4.74. The van der Waals surface area contributed by atoms with Crippen molar-refractivity contribution in [2.24, 2.45) is 0 Å². The fourth-order valence-corrected chi connectivity index (χ4v) is 4.28. The molecule has 0 aliphatic carbocycles. The molecule has 110 valence electrons. The van der Waals surface area contributed by atoms with Crippen molar-refractivity contribution in [2.45, 2.75) is 30.7 Å². The molecule has 0 saturated carbocycles. The highest BCUT2D eigenvalue weighted by Crippen LogP contribution is 2.30. The van der Waals surface area contributed by atoms with Gasteiger partial charge in [0.15, 0.2) is 0 Å². The SMILES string of the molecule is COc1ccc(C)c(S(=O)(=O)N2CCC[C@H]2C(=O)O)c1. The number of hydrogen-bond acceptors (Lipinski definition) is 4. The number of methoxy groups -OCH3 is 1. The Hall–Kier alpha value is -1.60. The summed E-state index contributed by atoms with van der Waals surface area (Å²) >= 11 is 0. The van der Waals surface area contributed by atoms with Gasteiger partial charge in [-0.2, -0.15) is 4.31 Å². The Labute approximate surface area is 118 Å². The van der Waals surface area contributed by atoms with E-state index in [-0.39, 0.29) is 11.4 Å². The number of benzene rings is 1. The minimum atomic E-state index is -3.82. The Kier molecular flexibility index (Phi) is 4.01. The molecular formula is C13H17NO5S. The summed E-state index contributed by atoms with van der Waals surface area (Å²) in [7, 11) is -2.37. The van der Waals surface area contributed by atoms with Crippen LogP contribution in [-0.2, 0) is 14.8 Å². The molecule has 20 heavy (non-hydrogen) atoms. The number of sulfonamides is 1. The average Bonchev–Trinajstić information content (AvgIpc) is 2.89. The first-order chi connectivity index (χ1) is 9.37. The molecule has 1 aromatic carbocycles. The zero-order valence-electron chi connectivity index (χ0n) is 11.4. The van der Waals surface area contributed by atoms with Gasteiger partial charge in [-0.3, -0.25) is 4.79 Å². The average molecular weight is 299 g/mol. The van der Waals surface area contributed by atoms with Crippen molar-refractivity contribution in [3.05, 3.63) is 23.8 Å². The first-order valence-electron chi connectivity index (χ1n) is 6.27. The topological polar surface area (TPSA) is 83.9 Å². The first-order valence-corrected chi connectivity index (χ1v) is 7.71. The Balaban J connectivity index is 2.47. The lowest BCUT2D eigenvalue weighted by Gasteiger charge is -2.22. The molecule has 7 heteroatoms. The molecule has 1 N–H and O–H groups in total. The van der Waals surface area contributed by atoms with Gasteiger partial charge in [0, 0.05) is 12.6 Å². The van der Waals surface area contributed by atoms with Gasteiger partial charge in [0.2, 0.25) is 10.0 Å². The van der Waals surface area contributed by atoms with Crippen LogP contribution in [0.1, 0.15) is 18.4 Å². The maximum atomic E-state index is 12.6. The summed E-state index contributed by atoms with van der Waals surface area (Å²) < 4.78 is 31.4. The van der Waals surface area contributed by atoms with E-state index in [4.69, 9.17) is 9.84 Å². The Bertz CT molecular complexity index is 626. The van der Waals surface area contributed by atoms with Crippen molar-refractivity contribution in [1.82, 2.24) is 4.31 Å². The molecule has 1 heterocycles. The highest BCUT2D eigenvalue weighted by atomic mass is 32.2. The number of carboxylic acids is 1. The van der Waals surface area contributed by atoms with Gasteiger partial charge < -0.3 is 9.84 Å². The van der Waals surface area contributed by atoms with Gasteiger partial charge >= 0.3 is 5.97 Å². The number of rotatable bonds is 4. The van der Waals surface area contributed by atoms with E-state index < -0.39 is 22.0 Å². The molecule has 1 saturated heterocycles. The number of nitrogens with zero attached hydrogens (tertiary/aromatic N) is 1. The van der Waals surface area contributed by atoms with E-state index in [1.165, 1.54) is 13.2 Å². The summed E-state index contributed by atoms with van der Waals surface area (Å²) in [5.74, 6) is -0.674. The van der Waals surface area contributed by atoms with Gasteiger partial charge in [-0.1, -0.05) is 6.07 Å². The second kappa shape index (κ2) is 5.41. The molecule has 6 nitrogen and oxygen atoms in total. The predicted octanol–water partition coefficient (Wildman–Crippen LogP) is 1.24. The van der Waals surface area contributed by atoms with E-state index in [0.717, 1.165) is 4.31 Å². The zero-order valence-corrected chi connectivity index (χ0v) is 12.2. The summed E-state index contributed by atoms with van der Waals surface area (Å²) in [6.45, 7) is 1.91. The van der Waals surface area contributed by atoms with Crippen LogP contribution in [-0.4, -0.2) is 43.5 Å². The zero-order chi connectivity index (χ0) is 14.9. The third kappa shape index (κ3) is 2.51. The fraction of sp³-hybridized carbons (Fsp3) is 0.462. The van der Waals surface area contributed by atoms with Crippen LogP contribution in [0.4, 0.5) is 0 Å². The lowest BCUT2D eigenvalue weighted by molar-refractivity contribution is -0.140. The summed E-state index contributed by atoms with van der Waals surface area (Å²) in [6, 6.07) is 3.78. The lowest BCUT2D eigenvalue weighted by Crippen LogP contribution is -2.40. The van der Waals surface area contributed by atoms with Gasteiger partial charge in [0.25, 0.3) is 0 Å². The summed E-state index contributed by atoms with van der Waals surface area (Å²) in [4.78, 5) is 11.3. The highest BCUT2D eigenvalue weighted by Gasteiger charge is 2.40. The number of ether oxygens (including phenoxy) is 1. The van der Waals surface area contributed by atoms with E-state index >= 15 is 0 Å². The van der Waals surface area contributed by atoms with E-state index in [1.54, 1.807) is 19.1 Å². The summed E-state index contributed by atoms with van der Waals surface area (Å²) in [5.41, 5.74) is 0.571. The van der Waals surface area contributed by atoms with Gasteiger partial charge in [0.1, 0.15) is 11.8 Å². The van der Waals surface area contributed by atoms with E-state index in [1.807, 2.05) is 0 Å². The minimum Gasteiger partial charge on any atom is -0.497 e. The van der Waals surface area contributed by atoms with Gasteiger partial charge in [-0.05, 0) is 31.4 Å². The molecule has 0 spiro atoms. The first kappa shape index (κ1) is 14.8. The standard InChI is InChI=1S/C13H17NO5S/c1-9-5-6-10(19-2)8-12(9)20(17,18)14-7-3-4-11(14)13(15)16/h5-6,8,11H,3-4,7H2,1-2H3,(H,15,16)/t11-/m0/s1. The molecule has 2 rings (SSSR count). The molecule has 1 aliphatic rings. The van der Waals surface area contributed by atoms with Crippen LogP contribution in [0.2, 0.25) is 0 Å². The van der Waals surface area contributed by atoms with Crippen LogP contribution in [0.5, 0.6) is 5.75 Å². The van der Waals surface area contributed by atoms with Gasteiger partial charge in [0.05, 0.1) is 12.0 Å². The largest absolute Gasteiger partial charge is 0.497 e. The number of aliphatic carboxylic acids is 1. The molecule has 0 aromatic heterocycles. The van der Waals surface area contributed by atoms with Crippen LogP contribution in [0.25, 0.3) is 0 Å². The van der Waals surface area contributed by atoms with Gasteiger partial charge in [-0.25, -0.2) is 8.42 Å². The highest BCUT2D eigenvalue weighted by molar-refractivity contribution is 7.89. The Morgan fingerprint density at radius 2 is 2.15 bits per heavy atom. The molecule has 0 unspecified atom stereocenters. The number of hydrogen-bond donors (Lipinski definition) is 1. The summed E-state index contributed by atoms with van der Waals surface area (Å²) in [6.07, 6.45) is 0.900. The smallest absolute Gasteiger partial charge is 0.322 e. The van der Waals surface area contributed by atoms with Gasteiger partial charge in [-0.15, -0.1) is 0 Å². The number of aryl methyl sites for hydroxylation is 1. The Morgan fingerprint density at radius 1 is 1.45 bits per heavy atom. The normalized spacial score (nSPS) is 20.0. The predicted molar refractivity (Wildman–Crippen MR) is 72.3 cm³/mol. The maximum absolute atomic E-state index is 12.6.